The van der Waals surface area contributed by atoms with Gasteiger partial charge < -0.3 is 14.9 Å². The van der Waals surface area contributed by atoms with E-state index in [1.807, 2.05) is 23.9 Å². The Balaban J connectivity index is 1.94. The number of aliphatic carboxylic acids is 1. The molecule has 7 heteroatoms. The maximum absolute atomic E-state index is 14.1. The van der Waals surface area contributed by atoms with Crippen molar-refractivity contribution in [1.29, 1.82) is 0 Å². The Morgan fingerprint density at radius 1 is 1.31 bits per heavy atom. The highest BCUT2D eigenvalue weighted by Gasteiger charge is 2.43. The number of halogens is 1. The molecule has 1 aliphatic rings. The molecule has 1 aliphatic heterocycles. The predicted molar refractivity (Wildman–Crippen MR) is 98.0 cm³/mol. The third-order valence-corrected chi connectivity index (χ3v) is 4.90. The lowest BCUT2D eigenvalue weighted by molar-refractivity contribution is -0.149. The molecule has 1 atom stereocenters. The molecule has 1 fully saturated rings. The van der Waals surface area contributed by atoms with Crippen LogP contribution in [0.3, 0.4) is 0 Å². The van der Waals surface area contributed by atoms with Gasteiger partial charge in [0, 0.05) is 39.6 Å². The van der Waals surface area contributed by atoms with Crippen molar-refractivity contribution in [2.75, 3.05) is 37.0 Å². The van der Waals surface area contributed by atoms with Gasteiger partial charge in [-0.3, -0.25) is 4.79 Å². The van der Waals surface area contributed by atoms with E-state index in [0.29, 0.717) is 36.6 Å². The van der Waals surface area contributed by atoms with Gasteiger partial charge in [0.1, 0.15) is 5.82 Å². The zero-order valence-corrected chi connectivity index (χ0v) is 15.0. The molecular weight excluding hydrogens is 335 g/mol. The number of nitrogens with zero attached hydrogens (tertiary/aromatic N) is 4. The van der Waals surface area contributed by atoms with Crippen molar-refractivity contribution in [2.45, 2.75) is 19.3 Å². The number of carboxylic acid groups (broad SMARTS) is 1. The second-order valence-corrected chi connectivity index (χ2v) is 6.98. The first-order valence-electron chi connectivity index (χ1n) is 8.63. The number of carboxylic acids is 1. The van der Waals surface area contributed by atoms with Crippen molar-refractivity contribution in [3.8, 4) is 0 Å². The highest BCUT2D eigenvalue weighted by atomic mass is 19.1. The summed E-state index contributed by atoms with van der Waals surface area (Å²) >= 11 is 0. The summed E-state index contributed by atoms with van der Waals surface area (Å²) in [5, 5.41) is 9.99. The highest BCUT2D eigenvalue weighted by molar-refractivity contribution is 5.77. The molecule has 3 rings (SSSR count). The number of benzene rings is 1. The van der Waals surface area contributed by atoms with E-state index in [2.05, 4.69) is 9.97 Å². The topological polar surface area (TPSA) is 69.6 Å². The van der Waals surface area contributed by atoms with Crippen molar-refractivity contribution < 1.29 is 14.3 Å². The van der Waals surface area contributed by atoms with E-state index >= 15 is 0 Å². The summed E-state index contributed by atoms with van der Waals surface area (Å²) in [7, 11) is 3.75. The molecule has 1 N–H and O–H groups in total. The van der Waals surface area contributed by atoms with E-state index in [-0.39, 0.29) is 18.8 Å². The van der Waals surface area contributed by atoms with Crippen LogP contribution in [0.1, 0.15) is 18.4 Å². The van der Waals surface area contributed by atoms with Gasteiger partial charge in [-0.15, -0.1) is 0 Å². The van der Waals surface area contributed by atoms with Crippen molar-refractivity contribution in [3.05, 3.63) is 48.0 Å². The van der Waals surface area contributed by atoms with Gasteiger partial charge in [0.05, 0.1) is 5.41 Å². The maximum atomic E-state index is 14.1. The molecule has 0 spiro atoms. The summed E-state index contributed by atoms with van der Waals surface area (Å²) in [5.74, 6) is 0.0930. The first-order chi connectivity index (χ1) is 12.4. The first kappa shape index (κ1) is 18.1. The second kappa shape index (κ2) is 7.27. The molecule has 0 aliphatic carbocycles. The fraction of sp³-hybridized carbons (Fsp3) is 0.421. The maximum Gasteiger partial charge on any atom is 0.311 e. The summed E-state index contributed by atoms with van der Waals surface area (Å²) in [6, 6.07) is 6.38. The number of hydrogen-bond acceptors (Lipinski definition) is 5. The summed E-state index contributed by atoms with van der Waals surface area (Å²) in [6.45, 7) is 0.974. The molecule has 1 aromatic heterocycles. The zero-order valence-electron chi connectivity index (χ0n) is 15.0. The van der Waals surface area contributed by atoms with E-state index < -0.39 is 11.4 Å². The third kappa shape index (κ3) is 3.47. The van der Waals surface area contributed by atoms with E-state index in [1.54, 1.807) is 30.6 Å². The van der Waals surface area contributed by atoms with Gasteiger partial charge in [0.2, 0.25) is 0 Å². The van der Waals surface area contributed by atoms with Crippen molar-refractivity contribution in [2.24, 2.45) is 5.41 Å². The predicted octanol–water partition coefficient (Wildman–Crippen LogP) is 2.60. The van der Waals surface area contributed by atoms with Crippen LogP contribution in [0, 0.1) is 11.2 Å². The van der Waals surface area contributed by atoms with Gasteiger partial charge in [-0.25, -0.2) is 14.4 Å². The van der Waals surface area contributed by atoms with Crippen LogP contribution in [0.15, 0.2) is 36.7 Å². The number of aromatic nitrogens is 2. The van der Waals surface area contributed by atoms with Crippen LogP contribution in [0.4, 0.5) is 16.0 Å². The number of carbonyl (C=O) groups is 1. The van der Waals surface area contributed by atoms with Crippen LogP contribution in [0.2, 0.25) is 0 Å². The minimum Gasteiger partial charge on any atom is -0.481 e. The lowest BCUT2D eigenvalue weighted by Gasteiger charge is -2.41. The lowest BCUT2D eigenvalue weighted by atomic mass is 9.75. The SMILES string of the molecule is CN(C)c1nccnc1N1CCCC(Cc2ccccc2F)(C(=O)O)C1. The molecule has 0 amide bonds. The Labute approximate surface area is 152 Å². The molecule has 138 valence electrons. The van der Waals surface area contributed by atoms with Crippen molar-refractivity contribution in [1.82, 2.24) is 9.97 Å². The number of hydrogen-bond donors (Lipinski definition) is 1. The first-order valence-corrected chi connectivity index (χ1v) is 8.63. The highest BCUT2D eigenvalue weighted by Crippen LogP contribution is 2.37. The van der Waals surface area contributed by atoms with Gasteiger partial charge in [-0.1, -0.05) is 18.2 Å². The minimum atomic E-state index is -1.05. The molecule has 1 aromatic carbocycles. The van der Waals surface area contributed by atoms with E-state index in [9.17, 15) is 14.3 Å². The Morgan fingerprint density at radius 2 is 2.04 bits per heavy atom. The Morgan fingerprint density at radius 3 is 2.73 bits per heavy atom. The van der Waals surface area contributed by atoms with Crippen LogP contribution in [-0.4, -0.2) is 48.2 Å². The van der Waals surface area contributed by atoms with Gasteiger partial charge in [0.15, 0.2) is 11.6 Å². The molecular formula is C19H23FN4O2. The molecule has 6 nitrogen and oxygen atoms in total. The largest absolute Gasteiger partial charge is 0.481 e. The number of anilines is 2. The quantitative estimate of drug-likeness (QED) is 0.886. The normalized spacial score (nSPS) is 20.0. The number of rotatable bonds is 5. The molecule has 0 saturated carbocycles. The molecule has 0 radical (unpaired) electrons. The van der Waals surface area contributed by atoms with Gasteiger partial charge in [-0.05, 0) is 30.9 Å². The molecule has 0 bridgehead atoms. The zero-order chi connectivity index (χ0) is 18.7. The molecule has 1 saturated heterocycles. The lowest BCUT2D eigenvalue weighted by Crippen LogP contribution is -2.50. The van der Waals surface area contributed by atoms with Gasteiger partial charge in [-0.2, -0.15) is 0 Å². The summed E-state index contributed by atoms with van der Waals surface area (Å²) in [6.07, 6.45) is 4.58. The average molecular weight is 358 g/mol. The summed E-state index contributed by atoms with van der Waals surface area (Å²) < 4.78 is 14.1. The monoisotopic (exact) mass is 358 g/mol. The molecule has 2 heterocycles. The van der Waals surface area contributed by atoms with Crippen molar-refractivity contribution >= 4 is 17.6 Å². The van der Waals surface area contributed by atoms with Gasteiger partial charge >= 0.3 is 5.97 Å². The second-order valence-electron chi connectivity index (χ2n) is 6.98. The van der Waals surface area contributed by atoms with Crippen LogP contribution in [0.5, 0.6) is 0 Å². The number of piperidine rings is 1. The molecule has 1 unspecified atom stereocenters. The fourth-order valence-corrected chi connectivity index (χ4v) is 3.58. The standard InChI is InChI=1S/C19H23FN4O2/c1-23(2)16-17(22-10-9-21-16)24-11-5-8-19(13-24,18(25)26)12-14-6-3-4-7-15(14)20/h3-4,6-7,9-10H,5,8,11-13H2,1-2H3,(H,25,26). The van der Waals surface area contributed by atoms with Crippen LogP contribution >= 0.6 is 0 Å². The van der Waals surface area contributed by atoms with Crippen LogP contribution in [-0.2, 0) is 11.2 Å². The molecule has 26 heavy (non-hydrogen) atoms. The average Bonchev–Trinajstić information content (AvgIpc) is 2.64. The molecule has 2 aromatic rings. The third-order valence-electron chi connectivity index (χ3n) is 4.90. The Bertz CT molecular complexity index is 799. The van der Waals surface area contributed by atoms with E-state index in [4.69, 9.17) is 0 Å². The van der Waals surface area contributed by atoms with Gasteiger partial charge in [0.25, 0.3) is 0 Å². The summed E-state index contributed by atoms with van der Waals surface area (Å²) in [5.41, 5.74) is -0.620. The smallest absolute Gasteiger partial charge is 0.311 e. The Kier molecular flexibility index (Phi) is 5.06. The van der Waals surface area contributed by atoms with Crippen LogP contribution < -0.4 is 9.80 Å². The minimum absolute atomic E-state index is 0.156. The van der Waals surface area contributed by atoms with Crippen LogP contribution in [0.25, 0.3) is 0 Å². The van der Waals surface area contributed by atoms with E-state index in [1.165, 1.54) is 6.07 Å². The van der Waals surface area contributed by atoms with E-state index in [0.717, 1.165) is 0 Å². The van der Waals surface area contributed by atoms with Crippen molar-refractivity contribution in [3.63, 3.8) is 0 Å². The fourth-order valence-electron chi connectivity index (χ4n) is 3.58. The Hall–Kier alpha value is -2.70. The summed E-state index contributed by atoms with van der Waals surface area (Å²) in [4.78, 5) is 24.8.